The molecule has 0 aliphatic heterocycles. The highest BCUT2D eigenvalue weighted by molar-refractivity contribution is 5.52. The van der Waals surface area contributed by atoms with E-state index in [1.54, 1.807) is 19.2 Å². The average molecular weight is 348 g/mol. The maximum atomic E-state index is 5.11. The third-order valence-electron chi connectivity index (χ3n) is 3.64. The van der Waals surface area contributed by atoms with Gasteiger partial charge in [-0.1, -0.05) is 0 Å². The summed E-state index contributed by atoms with van der Waals surface area (Å²) < 4.78 is 5.11. The van der Waals surface area contributed by atoms with Crippen LogP contribution in [0.15, 0.2) is 81.1 Å². The fraction of sp³-hybridized carbons (Fsp3) is 0.158. The normalized spacial score (nSPS) is 11.3. The summed E-state index contributed by atoms with van der Waals surface area (Å²) in [6, 6.07) is 18.8. The Morgan fingerprint density at radius 2 is 1.19 bits per heavy atom. The minimum atomic E-state index is 0.609. The summed E-state index contributed by atoms with van der Waals surface area (Å²) in [4.78, 5) is 5.09. The Morgan fingerprint density at radius 1 is 0.692 bits per heavy atom. The van der Waals surface area contributed by atoms with E-state index in [0.717, 1.165) is 22.8 Å². The van der Waals surface area contributed by atoms with Gasteiger partial charge in [-0.2, -0.15) is 0 Å². The summed E-state index contributed by atoms with van der Waals surface area (Å²) in [5.74, 6) is 2.01. The van der Waals surface area contributed by atoms with E-state index in [4.69, 9.17) is 4.74 Å². The second kappa shape index (κ2) is 8.06. The smallest absolute Gasteiger partial charge is 0.154 e. The summed E-state index contributed by atoms with van der Waals surface area (Å²) in [7, 11) is 5.62. The SMILES string of the molecule is COc1ccc(N=Nc2ccc(N=Nc3ccc(N(C)C)cc3)[nH]2)cc1. The minimum Gasteiger partial charge on any atom is -0.497 e. The van der Waals surface area contributed by atoms with Crippen molar-refractivity contribution in [3.8, 4) is 5.75 Å². The highest BCUT2D eigenvalue weighted by atomic mass is 16.5. The molecule has 0 spiro atoms. The fourth-order valence-electron chi connectivity index (χ4n) is 2.18. The maximum Gasteiger partial charge on any atom is 0.154 e. The molecule has 0 aliphatic rings. The third kappa shape index (κ3) is 4.54. The van der Waals surface area contributed by atoms with Crippen molar-refractivity contribution in [2.24, 2.45) is 20.5 Å². The molecule has 0 unspecified atom stereocenters. The van der Waals surface area contributed by atoms with Gasteiger partial charge in [0.25, 0.3) is 0 Å². The Hall–Kier alpha value is -3.48. The first-order valence-electron chi connectivity index (χ1n) is 8.08. The molecule has 0 amide bonds. The molecule has 132 valence electrons. The maximum absolute atomic E-state index is 5.11. The van der Waals surface area contributed by atoms with Gasteiger partial charge >= 0.3 is 0 Å². The second-order valence-electron chi connectivity index (χ2n) is 5.74. The molecule has 7 heteroatoms. The lowest BCUT2D eigenvalue weighted by atomic mass is 10.3. The number of methoxy groups -OCH3 is 1. The first-order valence-corrected chi connectivity index (χ1v) is 8.08. The lowest BCUT2D eigenvalue weighted by molar-refractivity contribution is 0.415. The standard InChI is InChI=1S/C19H20N6O/c1-25(2)16-8-4-14(5-9-16)21-23-18-12-13-19(20-18)24-22-15-6-10-17(26-3)11-7-15/h4-13,20H,1-3H3. The molecule has 0 atom stereocenters. The molecule has 3 aromatic rings. The Kier molecular flexibility index (Phi) is 5.38. The van der Waals surface area contributed by atoms with Crippen molar-refractivity contribution in [1.82, 2.24) is 4.98 Å². The van der Waals surface area contributed by atoms with E-state index in [9.17, 15) is 0 Å². The Balaban J connectivity index is 1.64. The molecule has 0 aliphatic carbocycles. The molecule has 7 nitrogen and oxygen atoms in total. The van der Waals surface area contributed by atoms with Crippen LogP contribution in [0.3, 0.4) is 0 Å². The van der Waals surface area contributed by atoms with Crippen molar-refractivity contribution in [3.05, 3.63) is 60.7 Å². The number of ether oxygens (including phenoxy) is 1. The van der Waals surface area contributed by atoms with E-state index < -0.39 is 0 Å². The van der Waals surface area contributed by atoms with Crippen LogP contribution < -0.4 is 9.64 Å². The molecule has 0 bridgehead atoms. The van der Waals surface area contributed by atoms with Crippen molar-refractivity contribution < 1.29 is 4.74 Å². The number of hydrogen-bond acceptors (Lipinski definition) is 6. The molecular formula is C19H20N6O. The van der Waals surface area contributed by atoms with Crippen LogP contribution in [0.5, 0.6) is 5.75 Å². The number of aromatic nitrogens is 1. The Morgan fingerprint density at radius 3 is 1.65 bits per heavy atom. The number of benzene rings is 2. The zero-order valence-electron chi connectivity index (χ0n) is 14.9. The number of rotatable bonds is 6. The van der Waals surface area contributed by atoms with Crippen LogP contribution in [0.25, 0.3) is 0 Å². The summed E-state index contributed by atoms with van der Waals surface area (Å²) in [5.41, 5.74) is 2.64. The van der Waals surface area contributed by atoms with Crippen molar-refractivity contribution in [2.75, 3.05) is 26.1 Å². The molecule has 26 heavy (non-hydrogen) atoms. The largest absolute Gasteiger partial charge is 0.497 e. The van der Waals surface area contributed by atoms with Crippen LogP contribution in [0.4, 0.5) is 28.7 Å². The predicted octanol–water partition coefficient (Wildman–Crippen LogP) is 5.92. The minimum absolute atomic E-state index is 0.609. The molecule has 0 saturated heterocycles. The van der Waals surface area contributed by atoms with Crippen LogP contribution >= 0.6 is 0 Å². The van der Waals surface area contributed by atoms with E-state index in [0.29, 0.717) is 11.6 Å². The van der Waals surface area contributed by atoms with Gasteiger partial charge in [-0.05, 0) is 60.7 Å². The summed E-state index contributed by atoms with van der Waals surface area (Å²) >= 11 is 0. The third-order valence-corrected chi connectivity index (χ3v) is 3.64. The van der Waals surface area contributed by atoms with E-state index in [1.807, 2.05) is 67.5 Å². The average Bonchev–Trinajstić information content (AvgIpc) is 3.13. The molecule has 0 radical (unpaired) electrons. The van der Waals surface area contributed by atoms with Gasteiger partial charge in [-0.15, -0.1) is 20.5 Å². The van der Waals surface area contributed by atoms with Crippen molar-refractivity contribution in [2.45, 2.75) is 0 Å². The number of nitrogens with one attached hydrogen (secondary N) is 1. The Bertz CT molecular complexity index is 895. The van der Waals surface area contributed by atoms with Gasteiger partial charge in [0.1, 0.15) is 5.75 Å². The van der Waals surface area contributed by atoms with Gasteiger partial charge in [-0.25, -0.2) is 0 Å². The van der Waals surface area contributed by atoms with Gasteiger partial charge in [0.05, 0.1) is 18.5 Å². The van der Waals surface area contributed by atoms with Crippen molar-refractivity contribution in [3.63, 3.8) is 0 Å². The van der Waals surface area contributed by atoms with Gasteiger partial charge in [-0.3, -0.25) is 0 Å². The number of nitrogens with zero attached hydrogens (tertiary/aromatic N) is 5. The highest BCUT2D eigenvalue weighted by Crippen LogP contribution is 2.24. The first-order chi connectivity index (χ1) is 12.6. The van der Waals surface area contributed by atoms with E-state index in [2.05, 4.69) is 25.4 Å². The summed E-state index contributed by atoms with van der Waals surface area (Å²) in [6.45, 7) is 0. The van der Waals surface area contributed by atoms with Crippen molar-refractivity contribution in [1.29, 1.82) is 0 Å². The van der Waals surface area contributed by atoms with Gasteiger partial charge in [0, 0.05) is 19.8 Å². The fourth-order valence-corrected chi connectivity index (χ4v) is 2.18. The monoisotopic (exact) mass is 348 g/mol. The van der Waals surface area contributed by atoms with Gasteiger partial charge in [0.2, 0.25) is 0 Å². The number of azo groups is 2. The van der Waals surface area contributed by atoms with Crippen LogP contribution in [-0.2, 0) is 0 Å². The van der Waals surface area contributed by atoms with E-state index in [1.165, 1.54) is 0 Å². The van der Waals surface area contributed by atoms with E-state index >= 15 is 0 Å². The zero-order chi connectivity index (χ0) is 18.4. The number of aromatic amines is 1. The molecule has 1 heterocycles. The van der Waals surface area contributed by atoms with Gasteiger partial charge < -0.3 is 14.6 Å². The lowest BCUT2D eigenvalue weighted by Gasteiger charge is -2.11. The molecular weight excluding hydrogens is 328 g/mol. The quantitative estimate of drug-likeness (QED) is 0.561. The predicted molar refractivity (Wildman–Crippen MR) is 103 cm³/mol. The first kappa shape index (κ1) is 17.3. The highest BCUT2D eigenvalue weighted by Gasteiger charge is 1.98. The molecule has 2 aromatic carbocycles. The number of H-pyrrole nitrogens is 1. The summed E-state index contributed by atoms with van der Waals surface area (Å²) in [6.07, 6.45) is 0. The van der Waals surface area contributed by atoms with E-state index in [-0.39, 0.29) is 0 Å². The van der Waals surface area contributed by atoms with Crippen LogP contribution in [-0.4, -0.2) is 26.2 Å². The van der Waals surface area contributed by atoms with Gasteiger partial charge in [0.15, 0.2) is 11.6 Å². The topological polar surface area (TPSA) is 77.7 Å². The second-order valence-corrected chi connectivity index (χ2v) is 5.74. The molecule has 3 rings (SSSR count). The zero-order valence-corrected chi connectivity index (χ0v) is 14.9. The molecule has 0 fully saturated rings. The van der Waals surface area contributed by atoms with Crippen molar-refractivity contribution >= 4 is 28.7 Å². The van der Waals surface area contributed by atoms with Crippen LogP contribution in [0.2, 0.25) is 0 Å². The lowest BCUT2D eigenvalue weighted by Crippen LogP contribution is -2.07. The summed E-state index contributed by atoms with van der Waals surface area (Å²) in [5, 5.41) is 16.7. The van der Waals surface area contributed by atoms with Crippen LogP contribution in [0, 0.1) is 0 Å². The Labute approximate surface area is 152 Å². The number of anilines is 1. The van der Waals surface area contributed by atoms with Crippen LogP contribution in [0.1, 0.15) is 0 Å². The molecule has 1 N–H and O–H groups in total. The number of hydrogen-bond donors (Lipinski definition) is 1. The molecule has 1 aromatic heterocycles. The molecule has 0 saturated carbocycles.